The van der Waals surface area contributed by atoms with E-state index in [4.69, 9.17) is 26.4 Å². The molecule has 0 radical (unpaired) electrons. The van der Waals surface area contributed by atoms with Gasteiger partial charge in [-0.2, -0.15) is 5.10 Å². The van der Waals surface area contributed by atoms with Crippen LogP contribution in [0.3, 0.4) is 0 Å². The predicted octanol–water partition coefficient (Wildman–Crippen LogP) is 4.51. The van der Waals surface area contributed by atoms with Gasteiger partial charge in [0.15, 0.2) is 10.6 Å². The van der Waals surface area contributed by atoms with Crippen molar-refractivity contribution >= 4 is 23.8 Å². The highest BCUT2D eigenvalue weighted by atomic mass is 32.1. The lowest BCUT2D eigenvalue weighted by atomic mass is 10.2. The van der Waals surface area contributed by atoms with E-state index in [2.05, 4.69) is 15.5 Å². The van der Waals surface area contributed by atoms with E-state index in [1.54, 1.807) is 7.11 Å². The zero-order chi connectivity index (χ0) is 23.2. The van der Waals surface area contributed by atoms with Gasteiger partial charge in [0.1, 0.15) is 18.1 Å². The number of methoxy groups -OCH3 is 1. The summed E-state index contributed by atoms with van der Waals surface area (Å²) in [5.74, 6) is 1.95. The zero-order valence-electron chi connectivity index (χ0n) is 18.8. The average molecular weight is 469 g/mol. The second-order valence-corrected chi connectivity index (χ2v) is 8.36. The van der Waals surface area contributed by atoms with Gasteiger partial charge in [0.25, 0.3) is 0 Å². The van der Waals surface area contributed by atoms with Crippen molar-refractivity contribution in [1.29, 1.82) is 0 Å². The third-order valence-electron chi connectivity index (χ3n) is 5.53. The number of nitrogens with one attached hydrogen (secondary N) is 2. The van der Waals surface area contributed by atoms with Gasteiger partial charge in [0.2, 0.25) is 5.91 Å². The molecule has 4 rings (SSSR count). The van der Waals surface area contributed by atoms with Gasteiger partial charge in [-0.05, 0) is 73.9 Å². The van der Waals surface area contributed by atoms with E-state index in [0.717, 1.165) is 36.3 Å². The topological polar surface area (TPSA) is 90.4 Å². The molecule has 0 aliphatic carbocycles. The molecule has 1 amide bonds. The quantitative estimate of drug-likeness (QED) is 0.449. The fourth-order valence-electron chi connectivity index (χ4n) is 3.72. The van der Waals surface area contributed by atoms with Gasteiger partial charge < -0.3 is 19.5 Å². The normalized spacial score (nSPS) is 15.4. The molecule has 2 aromatic carbocycles. The maximum atomic E-state index is 12.8. The Hall–Kier alpha value is -3.17. The molecule has 33 heavy (non-hydrogen) atoms. The molecule has 3 aromatic rings. The van der Waals surface area contributed by atoms with Crippen LogP contribution in [0.4, 0.5) is 5.69 Å². The molecule has 174 valence electrons. The highest BCUT2D eigenvalue weighted by Crippen LogP contribution is 2.27. The van der Waals surface area contributed by atoms with Crippen molar-refractivity contribution in [3.05, 3.63) is 52.8 Å². The highest BCUT2D eigenvalue weighted by Gasteiger charge is 2.18. The fourth-order valence-corrected chi connectivity index (χ4v) is 3.95. The summed E-state index contributed by atoms with van der Waals surface area (Å²) < 4.78 is 19.1. The number of aryl methyl sites for hydroxylation is 1. The summed E-state index contributed by atoms with van der Waals surface area (Å²) in [5, 5.41) is 10.1. The molecule has 1 aromatic heterocycles. The molecule has 1 fully saturated rings. The van der Waals surface area contributed by atoms with Crippen LogP contribution in [-0.4, -0.2) is 47.1 Å². The van der Waals surface area contributed by atoms with Crippen LogP contribution in [0.15, 0.2) is 42.5 Å². The van der Waals surface area contributed by atoms with Gasteiger partial charge in [0.05, 0.1) is 18.9 Å². The minimum Gasteiger partial charge on any atom is -0.497 e. The molecule has 1 unspecified atom stereocenters. The van der Waals surface area contributed by atoms with Crippen molar-refractivity contribution in [1.82, 2.24) is 14.8 Å². The Morgan fingerprint density at radius 3 is 2.85 bits per heavy atom. The molecule has 1 atom stereocenters. The number of amides is 1. The Labute approximate surface area is 197 Å². The zero-order valence-corrected chi connectivity index (χ0v) is 19.6. The van der Waals surface area contributed by atoms with Crippen molar-refractivity contribution in [2.75, 3.05) is 25.6 Å². The SMILES string of the molecule is COc1ccc(-c2n[nH]c(=S)n2CCC(=O)Nc2ccc(C)cc2OCC2CCCO2)cc1. The van der Waals surface area contributed by atoms with Crippen molar-refractivity contribution in [3.63, 3.8) is 0 Å². The third-order valence-corrected chi connectivity index (χ3v) is 5.84. The van der Waals surface area contributed by atoms with Crippen LogP contribution in [0.5, 0.6) is 11.5 Å². The lowest BCUT2D eigenvalue weighted by Gasteiger charge is -2.16. The molecule has 0 saturated carbocycles. The highest BCUT2D eigenvalue weighted by molar-refractivity contribution is 7.71. The van der Waals surface area contributed by atoms with Crippen LogP contribution in [0.1, 0.15) is 24.8 Å². The van der Waals surface area contributed by atoms with Crippen LogP contribution in [0, 0.1) is 11.7 Å². The van der Waals surface area contributed by atoms with E-state index in [9.17, 15) is 4.79 Å². The molecule has 2 N–H and O–H groups in total. The first kappa shape index (κ1) is 23.0. The van der Waals surface area contributed by atoms with Crippen LogP contribution in [-0.2, 0) is 16.1 Å². The predicted molar refractivity (Wildman–Crippen MR) is 128 cm³/mol. The number of ether oxygens (including phenoxy) is 3. The molecular weight excluding hydrogens is 440 g/mol. The van der Waals surface area contributed by atoms with E-state index in [0.29, 0.717) is 35.2 Å². The third kappa shape index (κ3) is 5.80. The lowest BCUT2D eigenvalue weighted by molar-refractivity contribution is -0.116. The second kappa shape index (κ2) is 10.6. The maximum absolute atomic E-state index is 12.8. The molecule has 1 aliphatic rings. The molecule has 8 nitrogen and oxygen atoms in total. The first-order valence-electron chi connectivity index (χ1n) is 11.0. The number of anilines is 1. The number of hydrogen-bond acceptors (Lipinski definition) is 6. The molecular formula is C24H28N4O4S. The number of carbonyl (C=O) groups is 1. The van der Waals surface area contributed by atoms with Crippen LogP contribution in [0.2, 0.25) is 0 Å². The summed E-state index contributed by atoms with van der Waals surface area (Å²) in [6.45, 7) is 3.63. The maximum Gasteiger partial charge on any atom is 0.226 e. The van der Waals surface area contributed by atoms with Gasteiger partial charge in [-0.3, -0.25) is 14.5 Å². The fraction of sp³-hybridized carbons (Fsp3) is 0.375. The summed E-state index contributed by atoms with van der Waals surface area (Å²) in [4.78, 5) is 12.8. The number of aromatic nitrogens is 3. The number of carbonyl (C=O) groups excluding carboxylic acids is 1. The van der Waals surface area contributed by atoms with E-state index in [1.165, 1.54) is 0 Å². The van der Waals surface area contributed by atoms with Gasteiger partial charge in [-0.25, -0.2) is 0 Å². The van der Waals surface area contributed by atoms with E-state index in [1.807, 2.05) is 54.0 Å². The molecule has 1 aliphatic heterocycles. The van der Waals surface area contributed by atoms with Gasteiger partial charge in [-0.15, -0.1) is 0 Å². The first-order chi connectivity index (χ1) is 16.0. The first-order valence-corrected chi connectivity index (χ1v) is 11.4. The van der Waals surface area contributed by atoms with Crippen LogP contribution >= 0.6 is 12.2 Å². The summed E-state index contributed by atoms with van der Waals surface area (Å²) in [7, 11) is 1.62. The Balaban J connectivity index is 1.41. The van der Waals surface area contributed by atoms with Gasteiger partial charge in [0, 0.05) is 25.1 Å². The second-order valence-electron chi connectivity index (χ2n) is 7.98. The summed E-state index contributed by atoms with van der Waals surface area (Å²) in [6, 6.07) is 13.3. The van der Waals surface area contributed by atoms with Gasteiger partial charge in [-0.1, -0.05) is 6.07 Å². The molecule has 0 bridgehead atoms. The van der Waals surface area contributed by atoms with E-state index in [-0.39, 0.29) is 18.4 Å². The molecule has 1 saturated heterocycles. The number of hydrogen-bond donors (Lipinski definition) is 2. The molecule has 9 heteroatoms. The van der Waals surface area contributed by atoms with E-state index >= 15 is 0 Å². The van der Waals surface area contributed by atoms with Crippen molar-refractivity contribution in [2.45, 2.75) is 38.8 Å². The van der Waals surface area contributed by atoms with E-state index < -0.39 is 0 Å². The Morgan fingerprint density at radius 2 is 2.12 bits per heavy atom. The molecule has 0 spiro atoms. The average Bonchev–Trinajstić information content (AvgIpc) is 3.47. The van der Waals surface area contributed by atoms with Crippen LogP contribution < -0.4 is 14.8 Å². The lowest BCUT2D eigenvalue weighted by Crippen LogP contribution is -2.19. The number of aromatic amines is 1. The Bertz CT molecular complexity index is 1150. The van der Waals surface area contributed by atoms with Gasteiger partial charge >= 0.3 is 0 Å². The van der Waals surface area contributed by atoms with Crippen LogP contribution in [0.25, 0.3) is 11.4 Å². The minimum atomic E-state index is -0.135. The standard InChI is InChI=1S/C24H28N4O4S/c1-16-5-10-20(21(14-16)32-15-19-4-3-13-31-19)25-22(29)11-12-28-23(26-27-24(28)33)17-6-8-18(30-2)9-7-17/h5-10,14,19H,3-4,11-13,15H2,1-2H3,(H,25,29)(H,27,33). The number of rotatable bonds is 9. The Morgan fingerprint density at radius 1 is 1.30 bits per heavy atom. The minimum absolute atomic E-state index is 0.105. The van der Waals surface area contributed by atoms with Crippen molar-refractivity contribution < 1.29 is 19.0 Å². The number of nitrogens with zero attached hydrogens (tertiary/aromatic N) is 2. The summed E-state index contributed by atoms with van der Waals surface area (Å²) >= 11 is 5.38. The Kier molecular flexibility index (Phi) is 7.41. The largest absolute Gasteiger partial charge is 0.497 e. The smallest absolute Gasteiger partial charge is 0.226 e. The number of benzene rings is 2. The monoisotopic (exact) mass is 468 g/mol. The number of H-pyrrole nitrogens is 1. The van der Waals surface area contributed by atoms with Crippen molar-refractivity contribution in [2.24, 2.45) is 0 Å². The van der Waals surface area contributed by atoms with Crippen molar-refractivity contribution in [3.8, 4) is 22.9 Å². The summed E-state index contributed by atoms with van der Waals surface area (Å²) in [6.07, 6.45) is 2.39. The molecule has 2 heterocycles. The summed E-state index contributed by atoms with van der Waals surface area (Å²) in [5.41, 5.74) is 2.59.